The average Bonchev–Trinajstić information content (AvgIpc) is 3.01. The number of ether oxygens (including phenoxy) is 1. The summed E-state index contributed by atoms with van der Waals surface area (Å²) in [5.74, 6) is 3.21. The van der Waals surface area contributed by atoms with Gasteiger partial charge < -0.3 is 19.9 Å². The molecular weight excluding hydrogens is 506 g/mol. The van der Waals surface area contributed by atoms with E-state index in [2.05, 4.69) is 32.1 Å². The van der Waals surface area contributed by atoms with E-state index in [0.717, 1.165) is 35.9 Å². The van der Waals surface area contributed by atoms with Gasteiger partial charge in [-0.15, -0.1) is 34.2 Å². The zero-order chi connectivity index (χ0) is 20.5. The molecule has 1 aromatic heterocycles. The molecule has 0 aliphatic carbocycles. The molecule has 10 heteroatoms. The van der Waals surface area contributed by atoms with Crippen LogP contribution in [-0.2, 0) is 13.6 Å². The lowest BCUT2D eigenvalue weighted by atomic mass is 10.1. The third kappa shape index (κ3) is 7.65. The Hall–Kier alpha value is -1.56. The number of halogens is 2. The Kier molecular flexibility index (Phi) is 11.3. The van der Waals surface area contributed by atoms with Gasteiger partial charge in [0.25, 0.3) is 0 Å². The number of methoxy groups -OCH3 is 1. The minimum Gasteiger partial charge on any atom is -0.494 e. The molecule has 0 amide bonds. The van der Waals surface area contributed by atoms with E-state index in [1.165, 1.54) is 13.2 Å². The monoisotopic (exact) mass is 536 g/mol. The van der Waals surface area contributed by atoms with Crippen molar-refractivity contribution in [2.75, 3.05) is 25.7 Å². The quantitative estimate of drug-likeness (QED) is 0.222. The average molecular weight is 536 g/mol. The zero-order valence-corrected chi connectivity index (χ0v) is 20.7. The number of aryl methyl sites for hydroxylation is 1. The second kappa shape index (κ2) is 12.9. The summed E-state index contributed by atoms with van der Waals surface area (Å²) in [6.45, 7) is 5.07. The second-order valence-corrected chi connectivity index (χ2v) is 7.41. The van der Waals surface area contributed by atoms with E-state index in [1.807, 2.05) is 43.3 Å². The van der Waals surface area contributed by atoms with Gasteiger partial charge in [0.05, 0.1) is 13.2 Å². The summed E-state index contributed by atoms with van der Waals surface area (Å²) in [5, 5.41) is 14.9. The number of aliphatic imine (C=N–C) groups is 1. The number of aromatic nitrogens is 3. The van der Waals surface area contributed by atoms with Gasteiger partial charge in [-0.25, -0.2) is 9.38 Å². The summed E-state index contributed by atoms with van der Waals surface area (Å²) < 4.78 is 20.9. The molecule has 0 spiro atoms. The lowest BCUT2D eigenvalue weighted by Crippen LogP contribution is -2.39. The van der Waals surface area contributed by atoms with Gasteiger partial charge in [0.15, 0.2) is 23.4 Å². The third-order valence-corrected chi connectivity index (χ3v) is 5.11. The molecule has 2 N–H and O–H groups in total. The van der Waals surface area contributed by atoms with Crippen LogP contribution in [0.15, 0.2) is 23.2 Å². The van der Waals surface area contributed by atoms with Crippen molar-refractivity contribution < 1.29 is 9.13 Å². The van der Waals surface area contributed by atoms with Crippen molar-refractivity contribution in [2.45, 2.75) is 32.9 Å². The summed E-state index contributed by atoms with van der Waals surface area (Å²) in [5.41, 5.74) is 0.811. The first kappa shape index (κ1) is 25.5. The van der Waals surface area contributed by atoms with Crippen molar-refractivity contribution in [3.05, 3.63) is 41.2 Å². The van der Waals surface area contributed by atoms with E-state index in [4.69, 9.17) is 4.74 Å². The van der Waals surface area contributed by atoms with Crippen LogP contribution in [0.1, 0.15) is 36.6 Å². The molecular formula is C19H30FIN6OS. The van der Waals surface area contributed by atoms with E-state index in [9.17, 15) is 4.39 Å². The van der Waals surface area contributed by atoms with E-state index in [1.54, 1.807) is 6.07 Å². The van der Waals surface area contributed by atoms with Gasteiger partial charge in [-0.2, -0.15) is 11.8 Å². The lowest BCUT2D eigenvalue weighted by Gasteiger charge is -2.19. The number of nitrogens with one attached hydrogen (secondary N) is 2. The molecule has 1 heterocycles. The van der Waals surface area contributed by atoms with Crippen molar-refractivity contribution in [2.24, 2.45) is 12.0 Å². The number of guanidine groups is 1. The van der Waals surface area contributed by atoms with Gasteiger partial charge in [-0.3, -0.25) is 0 Å². The number of benzene rings is 1. The molecule has 2 aromatic rings. The van der Waals surface area contributed by atoms with E-state index in [0.29, 0.717) is 12.5 Å². The molecule has 0 saturated heterocycles. The van der Waals surface area contributed by atoms with Crippen LogP contribution < -0.4 is 15.4 Å². The SMILES string of the molecule is COc1ccc(C(C)NC(=NCc2nnc(C)n2C)NCCCSC)cc1F.I. The van der Waals surface area contributed by atoms with Crippen molar-refractivity contribution in [3.63, 3.8) is 0 Å². The van der Waals surface area contributed by atoms with Crippen LogP contribution in [0.25, 0.3) is 0 Å². The highest BCUT2D eigenvalue weighted by Gasteiger charge is 2.12. The first-order valence-corrected chi connectivity index (χ1v) is 10.6. The Balaban J connectivity index is 0.00000420. The Morgan fingerprint density at radius 3 is 2.72 bits per heavy atom. The maximum absolute atomic E-state index is 14.0. The van der Waals surface area contributed by atoms with Gasteiger partial charge in [0.1, 0.15) is 12.4 Å². The molecule has 0 aliphatic rings. The Bertz CT molecular complexity index is 801. The maximum atomic E-state index is 14.0. The predicted molar refractivity (Wildman–Crippen MR) is 128 cm³/mol. The summed E-state index contributed by atoms with van der Waals surface area (Å²) in [6, 6.07) is 4.83. The Morgan fingerprint density at radius 2 is 2.14 bits per heavy atom. The third-order valence-electron chi connectivity index (χ3n) is 4.41. The van der Waals surface area contributed by atoms with Crippen LogP contribution in [0.2, 0.25) is 0 Å². The first-order chi connectivity index (χ1) is 13.5. The van der Waals surface area contributed by atoms with E-state index in [-0.39, 0.29) is 41.6 Å². The molecule has 1 aromatic carbocycles. The molecule has 7 nitrogen and oxygen atoms in total. The van der Waals surface area contributed by atoms with Crippen molar-refractivity contribution in [1.82, 2.24) is 25.4 Å². The number of hydrogen-bond acceptors (Lipinski definition) is 5. The Labute approximate surface area is 193 Å². The summed E-state index contributed by atoms with van der Waals surface area (Å²) in [6.07, 6.45) is 3.11. The topological polar surface area (TPSA) is 76.4 Å². The zero-order valence-electron chi connectivity index (χ0n) is 17.5. The number of rotatable bonds is 9. The van der Waals surface area contributed by atoms with Crippen LogP contribution in [0.4, 0.5) is 4.39 Å². The second-order valence-electron chi connectivity index (χ2n) is 6.42. The molecule has 0 fully saturated rings. The van der Waals surface area contributed by atoms with Crippen molar-refractivity contribution in [3.8, 4) is 5.75 Å². The Morgan fingerprint density at radius 1 is 1.38 bits per heavy atom. The fourth-order valence-corrected chi connectivity index (χ4v) is 2.99. The molecule has 29 heavy (non-hydrogen) atoms. The molecule has 0 saturated carbocycles. The summed E-state index contributed by atoms with van der Waals surface area (Å²) >= 11 is 1.81. The van der Waals surface area contributed by atoms with Crippen LogP contribution in [0, 0.1) is 12.7 Å². The van der Waals surface area contributed by atoms with Crippen LogP contribution in [-0.4, -0.2) is 46.4 Å². The minimum absolute atomic E-state index is 0. The van der Waals surface area contributed by atoms with Crippen LogP contribution in [0.5, 0.6) is 5.75 Å². The maximum Gasteiger partial charge on any atom is 0.192 e. The van der Waals surface area contributed by atoms with Crippen molar-refractivity contribution >= 4 is 41.7 Å². The standard InChI is InChI=1S/C19H29FN6OS.HI/c1-13(15-7-8-17(27-4)16(20)11-15)23-19(21-9-6-10-28-5)22-12-18-25-24-14(2)26(18)3;/h7-8,11,13H,6,9-10,12H2,1-5H3,(H2,21,22,23);1H. The van der Waals surface area contributed by atoms with Crippen LogP contribution >= 0.6 is 35.7 Å². The highest BCUT2D eigenvalue weighted by Crippen LogP contribution is 2.21. The fourth-order valence-electron chi connectivity index (χ4n) is 2.55. The van der Waals surface area contributed by atoms with Crippen molar-refractivity contribution in [1.29, 1.82) is 0 Å². The molecule has 162 valence electrons. The van der Waals surface area contributed by atoms with Gasteiger partial charge in [-0.1, -0.05) is 6.07 Å². The molecule has 0 aliphatic heterocycles. The fraction of sp³-hybridized carbons (Fsp3) is 0.526. The van der Waals surface area contributed by atoms with Gasteiger partial charge in [0.2, 0.25) is 0 Å². The van der Waals surface area contributed by atoms with Gasteiger partial charge in [0, 0.05) is 13.6 Å². The number of nitrogens with zero attached hydrogens (tertiary/aromatic N) is 4. The smallest absolute Gasteiger partial charge is 0.192 e. The highest BCUT2D eigenvalue weighted by molar-refractivity contribution is 14.0. The van der Waals surface area contributed by atoms with Crippen LogP contribution in [0.3, 0.4) is 0 Å². The van der Waals surface area contributed by atoms with E-state index < -0.39 is 0 Å². The minimum atomic E-state index is -0.380. The van der Waals surface area contributed by atoms with E-state index >= 15 is 0 Å². The number of thioether (sulfide) groups is 1. The lowest BCUT2D eigenvalue weighted by molar-refractivity contribution is 0.386. The first-order valence-electron chi connectivity index (χ1n) is 9.18. The largest absolute Gasteiger partial charge is 0.494 e. The normalized spacial score (nSPS) is 12.3. The molecule has 0 radical (unpaired) electrons. The van der Waals surface area contributed by atoms with Gasteiger partial charge in [-0.05, 0) is 50.0 Å². The number of hydrogen-bond donors (Lipinski definition) is 2. The molecule has 0 bridgehead atoms. The van der Waals surface area contributed by atoms with Gasteiger partial charge >= 0.3 is 0 Å². The molecule has 1 unspecified atom stereocenters. The summed E-state index contributed by atoms with van der Waals surface area (Å²) in [4.78, 5) is 4.63. The molecule has 1 atom stereocenters. The predicted octanol–water partition coefficient (Wildman–Crippen LogP) is 3.44. The highest BCUT2D eigenvalue weighted by atomic mass is 127. The summed E-state index contributed by atoms with van der Waals surface area (Å²) in [7, 11) is 3.37. The molecule has 2 rings (SSSR count).